The Morgan fingerprint density at radius 2 is 2.00 bits per heavy atom. The minimum absolute atomic E-state index is 0.0180. The van der Waals surface area contributed by atoms with Gasteiger partial charge in [-0.3, -0.25) is 4.79 Å². The number of rotatable bonds is 6. The van der Waals surface area contributed by atoms with Crippen molar-refractivity contribution in [3.05, 3.63) is 39.4 Å². The number of fused-ring (bicyclic) bond motifs is 1. The number of aromatic amines is 1. The minimum atomic E-state index is 0.0180. The molecule has 5 heteroatoms. The third-order valence-corrected chi connectivity index (χ3v) is 5.48. The first-order chi connectivity index (χ1) is 10.1. The fraction of sp³-hybridized carbons (Fsp3) is 0.375. The first-order valence-corrected chi connectivity index (χ1v) is 9.37. The second kappa shape index (κ2) is 7.18. The van der Waals surface area contributed by atoms with Crippen LogP contribution in [0.4, 0.5) is 0 Å². The smallest absolute Gasteiger partial charge is 0.225 e. The number of hydrogen-bond acceptors (Lipinski definition) is 4. The van der Waals surface area contributed by atoms with Crippen LogP contribution in [0.3, 0.4) is 0 Å². The molecule has 1 heterocycles. The molecule has 0 aliphatic carbocycles. The van der Waals surface area contributed by atoms with Crippen molar-refractivity contribution >= 4 is 40.3 Å². The fourth-order valence-electron chi connectivity index (χ4n) is 2.26. The molecule has 1 aromatic carbocycles. The third kappa shape index (κ3) is 3.52. The van der Waals surface area contributed by atoms with Gasteiger partial charge in [-0.15, -0.1) is 23.5 Å². The molecule has 0 spiro atoms. The number of nitrogens with zero attached hydrogens (tertiary/aromatic N) is 1. The van der Waals surface area contributed by atoms with Gasteiger partial charge < -0.3 is 4.98 Å². The molecule has 0 radical (unpaired) electrons. The van der Waals surface area contributed by atoms with Crippen LogP contribution in [0, 0.1) is 6.92 Å². The Labute approximate surface area is 134 Å². The zero-order valence-corrected chi connectivity index (χ0v) is 14.5. The number of carbonyl (C=O) groups is 1. The average molecular weight is 320 g/mol. The number of thioether (sulfide) groups is 2. The second-order valence-electron chi connectivity index (χ2n) is 4.86. The van der Waals surface area contributed by atoms with E-state index in [1.54, 1.807) is 23.5 Å². The average Bonchev–Trinajstić information content (AvgIpc) is 2.89. The fourth-order valence-corrected chi connectivity index (χ4v) is 3.81. The van der Waals surface area contributed by atoms with E-state index in [4.69, 9.17) is 0 Å². The molecule has 112 valence electrons. The highest BCUT2D eigenvalue weighted by Gasteiger charge is 2.19. The Bertz CT molecular complexity index is 683. The number of aryl methyl sites for hydroxylation is 1. The second-order valence-corrected chi connectivity index (χ2v) is 6.75. The van der Waals surface area contributed by atoms with Crippen molar-refractivity contribution in [2.24, 2.45) is 0 Å². The van der Waals surface area contributed by atoms with Crippen molar-refractivity contribution in [1.82, 2.24) is 9.97 Å². The molecule has 2 aromatic rings. The molecule has 0 unspecified atom stereocenters. The van der Waals surface area contributed by atoms with Gasteiger partial charge in [-0.25, -0.2) is 4.98 Å². The molecule has 0 atom stereocenters. The van der Waals surface area contributed by atoms with E-state index in [9.17, 15) is 4.79 Å². The summed E-state index contributed by atoms with van der Waals surface area (Å²) < 4.78 is 1.08. The first-order valence-electron chi connectivity index (χ1n) is 6.92. The molecule has 0 saturated heterocycles. The number of Topliss-reactive ketones (excluding diaryl/α,β-unsaturated/α-hetero) is 1. The van der Waals surface area contributed by atoms with Crippen molar-refractivity contribution in [2.45, 2.75) is 26.7 Å². The predicted octanol–water partition coefficient (Wildman–Crippen LogP) is 4.79. The van der Waals surface area contributed by atoms with Gasteiger partial charge in [0.25, 0.3) is 0 Å². The number of imidazole rings is 1. The van der Waals surface area contributed by atoms with Crippen molar-refractivity contribution in [3.63, 3.8) is 0 Å². The summed E-state index contributed by atoms with van der Waals surface area (Å²) in [5.41, 5.74) is 3.79. The molecule has 0 fully saturated rings. The van der Waals surface area contributed by atoms with E-state index in [0.29, 0.717) is 5.82 Å². The zero-order valence-electron chi connectivity index (χ0n) is 12.8. The van der Waals surface area contributed by atoms with Gasteiger partial charge in [-0.05, 0) is 43.6 Å². The van der Waals surface area contributed by atoms with Crippen LogP contribution in [-0.2, 0) is 0 Å². The van der Waals surface area contributed by atoms with E-state index >= 15 is 0 Å². The van der Waals surface area contributed by atoms with Crippen LogP contribution in [0.5, 0.6) is 0 Å². The molecular formula is C16H20N2OS2. The number of hydrogen-bond donors (Lipinski definition) is 1. The summed E-state index contributed by atoms with van der Waals surface area (Å²) in [6, 6.07) is 5.98. The Hall–Kier alpha value is -1.20. The minimum Gasteiger partial charge on any atom is -0.335 e. The van der Waals surface area contributed by atoms with Crippen LogP contribution in [0.15, 0.2) is 28.0 Å². The number of allylic oxidation sites excluding steroid dienone is 1. The highest BCUT2D eigenvalue weighted by atomic mass is 32.2. The predicted molar refractivity (Wildman–Crippen MR) is 94.1 cm³/mol. The molecule has 0 amide bonds. The SMILES string of the molecule is CCCC(C(=O)c1nc2ccc(C)cc2[nH]1)=C(SC)SC. The summed E-state index contributed by atoms with van der Waals surface area (Å²) in [6.07, 6.45) is 5.75. The number of nitrogens with one attached hydrogen (secondary N) is 1. The lowest BCUT2D eigenvalue weighted by molar-refractivity contribution is 0.102. The Morgan fingerprint density at radius 3 is 2.62 bits per heavy atom. The summed E-state index contributed by atoms with van der Waals surface area (Å²) in [5, 5.41) is 0. The monoisotopic (exact) mass is 320 g/mol. The summed E-state index contributed by atoms with van der Waals surface area (Å²) in [4.78, 5) is 20.4. The highest BCUT2D eigenvalue weighted by Crippen LogP contribution is 2.31. The molecule has 1 aromatic heterocycles. The maximum atomic E-state index is 12.8. The largest absolute Gasteiger partial charge is 0.335 e. The van der Waals surface area contributed by atoms with Gasteiger partial charge in [0.15, 0.2) is 5.82 Å². The van der Waals surface area contributed by atoms with Crippen LogP contribution in [-0.4, -0.2) is 28.3 Å². The topological polar surface area (TPSA) is 45.8 Å². The van der Waals surface area contributed by atoms with E-state index in [1.807, 2.05) is 37.6 Å². The third-order valence-electron chi connectivity index (χ3n) is 3.24. The maximum absolute atomic E-state index is 12.8. The van der Waals surface area contributed by atoms with Gasteiger partial charge in [0.1, 0.15) is 0 Å². The number of ketones is 1. The molecule has 3 nitrogen and oxygen atoms in total. The van der Waals surface area contributed by atoms with Crippen molar-refractivity contribution in [3.8, 4) is 0 Å². The van der Waals surface area contributed by atoms with Crippen LogP contribution < -0.4 is 0 Å². The molecule has 21 heavy (non-hydrogen) atoms. The lowest BCUT2D eigenvalue weighted by Crippen LogP contribution is -2.07. The maximum Gasteiger partial charge on any atom is 0.225 e. The number of aromatic nitrogens is 2. The normalized spacial score (nSPS) is 10.9. The highest BCUT2D eigenvalue weighted by molar-refractivity contribution is 8.21. The van der Waals surface area contributed by atoms with E-state index < -0.39 is 0 Å². The Kier molecular flexibility index (Phi) is 5.53. The van der Waals surface area contributed by atoms with E-state index in [-0.39, 0.29) is 5.78 Å². The van der Waals surface area contributed by atoms with Crippen LogP contribution >= 0.6 is 23.5 Å². The molecule has 2 rings (SSSR count). The number of benzene rings is 1. The quantitative estimate of drug-likeness (QED) is 0.614. The van der Waals surface area contributed by atoms with Crippen LogP contribution in [0.25, 0.3) is 11.0 Å². The molecular weight excluding hydrogens is 300 g/mol. The number of H-pyrrole nitrogens is 1. The molecule has 0 aliphatic heterocycles. The van der Waals surface area contributed by atoms with E-state index in [2.05, 4.69) is 16.9 Å². The lowest BCUT2D eigenvalue weighted by atomic mass is 10.1. The standard InChI is InChI=1S/C16H20N2OS2/c1-5-6-11(16(20-3)21-4)14(19)15-17-12-8-7-10(2)9-13(12)18-15/h7-9H,5-6H2,1-4H3,(H,17,18). The van der Waals surface area contributed by atoms with Gasteiger partial charge >= 0.3 is 0 Å². The van der Waals surface area contributed by atoms with Gasteiger partial charge in [0.05, 0.1) is 11.0 Å². The van der Waals surface area contributed by atoms with Gasteiger partial charge in [-0.2, -0.15) is 0 Å². The number of carbonyl (C=O) groups excluding carboxylic acids is 1. The van der Waals surface area contributed by atoms with Gasteiger partial charge in [-0.1, -0.05) is 19.4 Å². The molecule has 0 bridgehead atoms. The van der Waals surface area contributed by atoms with Crippen LogP contribution in [0.1, 0.15) is 35.9 Å². The lowest BCUT2D eigenvalue weighted by Gasteiger charge is -2.08. The summed E-state index contributed by atoms with van der Waals surface area (Å²) >= 11 is 3.26. The first kappa shape index (κ1) is 16.2. The van der Waals surface area contributed by atoms with E-state index in [1.165, 1.54) is 0 Å². The van der Waals surface area contributed by atoms with E-state index in [0.717, 1.165) is 39.2 Å². The van der Waals surface area contributed by atoms with Gasteiger partial charge in [0, 0.05) is 9.81 Å². The van der Waals surface area contributed by atoms with Gasteiger partial charge in [0.2, 0.25) is 5.78 Å². The van der Waals surface area contributed by atoms with Crippen molar-refractivity contribution in [2.75, 3.05) is 12.5 Å². The molecule has 0 aliphatic rings. The zero-order chi connectivity index (χ0) is 15.4. The Morgan fingerprint density at radius 1 is 1.29 bits per heavy atom. The summed E-state index contributed by atoms with van der Waals surface area (Å²) in [5.74, 6) is 0.462. The Balaban J connectivity index is 2.45. The van der Waals surface area contributed by atoms with Crippen molar-refractivity contribution in [1.29, 1.82) is 0 Å². The molecule has 1 N–H and O–H groups in total. The summed E-state index contributed by atoms with van der Waals surface area (Å²) in [6.45, 7) is 4.12. The molecule has 0 saturated carbocycles. The summed E-state index contributed by atoms with van der Waals surface area (Å²) in [7, 11) is 0. The van der Waals surface area contributed by atoms with Crippen molar-refractivity contribution < 1.29 is 4.79 Å². The van der Waals surface area contributed by atoms with Crippen LogP contribution in [0.2, 0.25) is 0 Å².